The molecule has 0 atom stereocenters. The van der Waals surface area contributed by atoms with Crippen molar-refractivity contribution in [2.45, 2.75) is 19.4 Å². The Morgan fingerprint density at radius 2 is 2.28 bits per heavy atom. The Morgan fingerprint density at radius 1 is 1.56 bits per heavy atom. The number of imidazole rings is 1. The number of methoxy groups -OCH3 is 1. The van der Waals surface area contributed by atoms with Crippen LogP contribution in [0.4, 0.5) is 5.69 Å². The van der Waals surface area contributed by atoms with Gasteiger partial charge in [-0.05, 0) is 36.4 Å². The van der Waals surface area contributed by atoms with Crippen LogP contribution in [0.1, 0.15) is 13.8 Å². The van der Waals surface area contributed by atoms with Crippen LogP contribution in [0.2, 0.25) is 5.15 Å². The van der Waals surface area contributed by atoms with E-state index in [4.69, 9.17) is 16.3 Å². The zero-order chi connectivity index (χ0) is 13.3. The number of fused-ring (bicyclic) bond motifs is 1. The first-order chi connectivity index (χ1) is 8.43. The van der Waals surface area contributed by atoms with Gasteiger partial charge in [0.1, 0.15) is 3.70 Å². The molecule has 0 aliphatic heterocycles. The van der Waals surface area contributed by atoms with Crippen molar-refractivity contribution in [2.24, 2.45) is 0 Å². The van der Waals surface area contributed by atoms with Crippen LogP contribution < -0.4 is 5.32 Å². The fraction of sp³-hybridized carbons (Fsp3) is 0.455. The third-order valence-corrected chi connectivity index (χ3v) is 3.57. The molecule has 0 aromatic carbocycles. The average molecular weight is 381 g/mol. The molecule has 0 fully saturated rings. The van der Waals surface area contributed by atoms with E-state index >= 15 is 0 Å². The SMILES string of the molecule is COC(C)(C)CNc1cc(Cl)nn2c(I)cnc12. The first-order valence-electron chi connectivity index (χ1n) is 5.42. The normalized spacial score (nSPS) is 12.1. The van der Waals surface area contributed by atoms with Crippen molar-refractivity contribution in [3.63, 3.8) is 0 Å². The number of hydrogen-bond donors (Lipinski definition) is 1. The molecule has 1 N–H and O–H groups in total. The molecule has 0 spiro atoms. The van der Waals surface area contributed by atoms with Crippen LogP contribution in [-0.2, 0) is 4.74 Å². The zero-order valence-corrected chi connectivity index (χ0v) is 13.3. The van der Waals surface area contributed by atoms with E-state index in [2.05, 4.69) is 38.0 Å². The van der Waals surface area contributed by atoms with Crippen LogP contribution in [0, 0.1) is 3.70 Å². The second-order valence-electron chi connectivity index (χ2n) is 4.51. The maximum absolute atomic E-state index is 6.00. The quantitative estimate of drug-likeness (QED) is 0.829. The van der Waals surface area contributed by atoms with Gasteiger partial charge in [0.15, 0.2) is 10.8 Å². The molecule has 0 unspecified atom stereocenters. The first-order valence-corrected chi connectivity index (χ1v) is 6.87. The molecule has 0 bridgehead atoms. The predicted molar refractivity (Wildman–Crippen MR) is 80.3 cm³/mol. The lowest BCUT2D eigenvalue weighted by atomic mass is 10.1. The van der Waals surface area contributed by atoms with Crippen LogP contribution in [0.3, 0.4) is 0 Å². The predicted octanol–water partition coefficient (Wildman–Crippen LogP) is 2.82. The summed E-state index contributed by atoms with van der Waals surface area (Å²) in [6, 6.07) is 1.77. The lowest BCUT2D eigenvalue weighted by Crippen LogP contribution is -2.32. The van der Waals surface area contributed by atoms with Gasteiger partial charge in [0.05, 0.1) is 17.5 Å². The molecule has 2 heterocycles. The van der Waals surface area contributed by atoms with Crippen molar-refractivity contribution >= 4 is 45.5 Å². The zero-order valence-electron chi connectivity index (χ0n) is 10.4. The number of ether oxygens (including phenoxy) is 1. The minimum Gasteiger partial charge on any atom is -0.379 e. The highest BCUT2D eigenvalue weighted by Gasteiger charge is 2.17. The lowest BCUT2D eigenvalue weighted by molar-refractivity contribution is 0.0344. The second-order valence-corrected chi connectivity index (χ2v) is 6.01. The van der Waals surface area contributed by atoms with Gasteiger partial charge in [-0.25, -0.2) is 9.50 Å². The van der Waals surface area contributed by atoms with Crippen LogP contribution >= 0.6 is 34.2 Å². The molecule has 2 rings (SSSR count). The average Bonchev–Trinajstić information content (AvgIpc) is 2.68. The van der Waals surface area contributed by atoms with E-state index in [1.807, 2.05) is 13.8 Å². The van der Waals surface area contributed by atoms with Crippen LogP contribution in [0.5, 0.6) is 0 Å². The van der Waals surface area contributed by atoms with Crippen molar-refractivity contribution in [3.8, 4) is 0 Å². The van der Waals surface area contributed by atoms with E-state index in [9.17, 15) is 0 Å². The van der Waals surface area contributed by atoms with E-state index in [-0.39, 0.29) is 5.60 Å². The molecular weight excluding hydrogens is 367 g/mol. The fourth-order valence-corrected chi connectivity index (χ4v) is 2.08. The summed E-state index contributed by atoms with van der Waals surface area (Å²) < 4.78 is 8.00. The maximum Gasteiger partial charge on any atom is 0.178 e. The van der Waals surface area contributed by atoms with Gasteiger partial charge in [-0.15, -0.1) is 0 Å². The van der Waals surface area contributed by atoms with Gasteiger partial charge < -0.3 is 10.1 Å². The van der Waals surface area contributed by atoms with E-state index in [1.54, 1.807) is 23.9 Å². The molecule has 0 saturated carbocycles. The van der Waals surface area contributed by atoms with Crippen LogP contribution in [0.15, 0.2) is 12.3 Å². The molecule has 2 aromatic heterocycles. The number of hydrogen-bond acceptors (Lipinski definition) is 4. The van der Waals surface area contributed by atoms with E-state index in [0.29, 0.717) is 11.7 Å². The standard InChI is InChI=1S/C11H14ClIN4O/c1-11(2,18-3)6-15-7-4-8(12)16-17-9(13)5-14-10(7)17/h4-5,15H,6H2,1-3H3. The van der Waals surface area contributed by atoms with Gasteiger partial charge in [0.25, 0.3) is 0 Å². The smallest absolute Gasteiger partial charge is 0.178 e. The first kappa shape index (κ1) is 13.8. The molecule has 0 amide bonds. The fourth-order valence-electron chi connectivity index (χ4n) is 1.42. The summed E-state index contributed by atoms with van der Waals surface area (Å²) in [5, 5.41) is 7.93. The molecule has 0 aliphatic rings. The highest BCUT2D eigenvalue weighted by Crippen LogP contribution is 2.22. The van der Waals surface area contributed by atoms with Gasteiger partial charge in [0.2, 0.25) is 0 Å². The van der Waals surface area contributed by atoms with Gasteiger partial charge in [-0.3, -0.25) is 0 Å². The summed E-state index contributed by atoms with van der Waals surface area (Å²) in [5.74, 6) is 0. The number of halogens is 2. The summed E-state index contributed by atoms with van der Waals surface area (Å²) in [6.07, 6.45) is 1.76. The Kier molecular flexibility index (Phi) is 3.98. The molecule has 2 aromatic rings. The molecule has 0 aliphatic carbocycles. The highest BCUT2D eigenvalue weighted by molar-refractivity contribution is 14.1. The van der Waals surface area contributed by atoms with Crippen molar-refractivity contribution in [3.05, 3.63) is 21.1 Å². The van der Waals surface area contributed by atoms with Crippen LogP contribution in [0.25, 0.3) is 5.65 Å². The largest absolute Gasteiger partial charge is 0.379 e. The molecule has 18 heavy (non-hydrogen) atoms. The molecule has 0 radical (unpaired) electrons. The number of anilines is 1. The van der Waals surface area contributed by atoms with Gasteiger partial charge >= 0.3 is 0 Å². The summed E-state index contributed by atoms with van der Waals surface area (Å²) in [4.78, 5) is 4.32. The monoisotopic (exact) mass is 380 g/mol. The van der Waals surface area contributed by atoms with Gasteiger partial charge in [-0.2, -0.15) is 5.10 Å². The highest BCUT2D eigenvalue weighted by atomic mass is 127. The number of aromatic nitrogens is 3. The van der Waals surface area contributed by atoms with Gasteiger partial charge in [-0.1, -0.05) is 11.6 Å². The topological polar surface area (TPSA) is 51.5 Å². The van der Waals surface area contributed by atoms with Crippen molar-refractivity contribution in [1.82, 2.24) is 14.6 Å². The van der Waals surface area contributed by atoms with Crippen molar-refractivity contribution < 1.29 is 4.74 Å². The Hall–Kier alpha value is -0.600. The summed E-state index contributed by atoms with van der Waals surface area (Å²) in [5.41, 5.74) is 1.35. The van der Waals surface area contributed by atoms with E-state index in [1.165, 1.54) is 0 Å². The summed E-state index contributed by atoms with van der Waals surface area (Å²) >= 11 is 8.17. The van der Waals surface area contributed by atoms with Crippen molar-refractivity contribution in [1.29, 1.82) is 0 Å². The third kappa shape index (κ3) is 2.86. The Labute approximate surface area is 124 Å². The van der Waals surface area contributed by atoms with Gasteiger partial charge in [0, 0.05) is 19.7 Å². The molecule has 98 valence electrons. The van der Waals surface area contributed by atoms with Crippen molar-refractivity contribution in [2.75, 3.05) is 19.0 Å². The second kappa shape index (κ2) is 5.18. The Balaban J connectivity index is 2.33. The molecular formula is C11H14ClIN4O. The molecule has 5 nitrogen and oxygen atoms in total. The minimum absolute atomic E-state index is 0.257. The minimum atomic E-state index is -0.257. The molecule has 0 saturated heterocycles. The number of nitrogens with zero attached hydrogens (tertiary/aromatic N) is 3. The Morgan fingerprint density at radius 3 is 2.94 bits per heavy atom. The van der Waals surface area contributed by atoms with E-state index in [0.717, 1.165) is 15.0 Å². The number of nitrogens with one attached hydrogen (secondary N) is 1. The Bertz CT molecular complexity index is 569. The lowest BCUT2D eigenvalue weighted by Gasteiger charge is -2.23. The van der Waals surface area contributed by atoms with E-state index < -0.39 is 0 Å². The summed E-state index contributed by atoms with van der Waals surface area (Å²) in [7, 11) is 1.69. The van der Waals surface area contributed by atoms with Crippen LogP contribution in [-0.4, -0.2) is 33.9 Å². The number of rotatable bonds is 4. The summed E-state index contributed by atoms with van der Waals surface area (Å²) in [6.45, 7) is 4.67. The third-order valence-electron chi connectivity index (χ3n) is 2.65. The maximum atomic E-state index is 6.00. The molecule has 7 heteroatoms.